The van der Waals surface area contributed by atoms with E-state index in [0.29, 0.717) is 17.5 Å². The Morgan fingerprint density at radius 1 is 0.391 bits per heavy atom. The quantitative estimate of drug-likeness (QED) is 0.165. The number of nitrogens with zero attached hydrogens (tertiary/aromatic N) is 3. The number of furan rings is 1. The maximum Gasteiger partial charge on any atom is 0.164 e. The predicted molar refractivity (Wildman–Crippen MR) is 266 cm³/mol. The lowest BCUT2D eigenvalue weighted by Gasteiger charge is -2.17. The van der Waals surface area contributed by atoms with E-state index in [2.05, 4.69) is 212 Å². The first kappa shape index (κ1) is 37.4. The molecule has 12 rings (SSSR count). The third kappa shape index (κ3) is 6.62. The standard InChI is InChI=1S/C59H40N4O/c1-2-37-16-10-12-27-47(37)50-31-41-20-6-8-22-43(41)33-53(50)60-46-35-52(56-51-32-42-21-7-9-23-44(42)34-54(51)64-55(56)36-46)59-62-57(45-26-14-25-40(30-45)38-17-4-3-5-18-38)61-58(63-59)49-29-15-24-39-19-11-13-28-48(39)49/h3-36,60H,2H2,1H3. The Bertz CT molecular complexity index is 3750. The molecule has 0 aliphatic carbocycles. The average molecular weight is 821 g/mol. The van der Waals surface area contributed by atoms with Crippen LogP contribution in [-0.4, -0.2) is 15.0 Å². The van der Waals surface area contributed by atoms with Crippen LogP contribution >= 0.6 is 0 Å². The van der Waals surface area contributed by atoms with Crippen LogP contribution in [0.15, 0.2) is 211 Å². The molecule has 5 nitrogen and oxygen atoms in total. The van der Waals surface area contributed by atoms with Gasteiger partial charge in [-0.05, 0) is 97.4 Å². The van der Waals surface area contributed by atoms with E-state index in [9.17, 15) is 0 Å². The molecule has 2 heterocycles. The van der Waals surface area contributed by atoms with Gasteiger partial charge in [0.1, 0.15) is 11.2 Å². The second-order valence-electron chi connectivity index (χ2n) is 16.4. The number of anilines is 2. The SMILES string of the molecule is CCc1ccccc1-c1cc2ccccc2cc1Nc1cc(-c2nc(-c3cccc(-c4ccccc4)c3)nc(-c3cccc4ccccc34)n2)c2c(c1)oc1cc3ccccc3cc12. The molecule has 0 fully saturated rings. The molecule has 0 saturated heterocycles. The van der Waals surface area contributed by atoms with Crippen molar-refractivity contribution in [2.75, 3.05) is 5.32 Å². The second-order valence-corrected chi connectivity index (χ2v) is 16.4. The highest BCUT2D eigenvalue weighted by Crippen LogP contribution is 2.43. The minimum Gasteiger partial charge on any atom is -0.456 e. The van der Waals surface area contributed by atoms with Crippen LogP contribution in [0.1, 0.15) is 12.5 Å². The molecule has 64 heavy (non-hydrogen) atoms. The van der Waals surface area contributed by atoms with Gasteiger partial charge in [0.2, 0.25) is 0 Å². The number of rotatable bonds is 8. The molecule has 0 aliphatic heterocycles. The minimum absolute atomic E-state index is 0.553. The topological polar surface area (TPSA) is 63.8 Å². The van der Waals surface area contributed by atoms with Gasteiger partial charge in [-0.1, -0.05) is 171 Å². The van der Waals surface area contributed by atoms with Gasteiger partial charge in [-0.2, -0.15) is 0 Å². The van der Waals surface area contributed by atoms with E-state index in [1.807, 2.05) is 6.07 Å². The number of fused-ring (bicyclic) bond motifs is 6. The van der Waals surface area contributed by atoms with Crippen LogP contribution in [0.3, 0.4) is 0 Å². The Morgan fingerprint density at radius 2 is 0.984 bits per heavy atom. The van der Waals surface area contributed by atoms with Crippen molar-refractivity contribution in [2.24, 2.45) is 0 Å². The van der Waals surface area contributed by atoms with Crippen LogP contribution in [-0.2, 0) is 6.42 Å². The summed E-state index contributed by atoms with van der Waals surface area (Å²) in [5.41, 5.74) is 11.9. The van der Waals surface area contributed by atoms with Crippen molar-refractivity contribution in [3.05, 3.63) is 212 Å². The Kier molecular flexibility index (Phi) is 9.04. The zero-order valence-electron chi connectivity index (χ0n) is 35.1. The minimum atomic E-state index is 0.553. The molecule has 0 atom stereocenters. The van der Waals surface area contributed by atoms with Gasteiger partial charge in [-0.3, -0.25) is 0 Å². The monoisotopic (exact) mass is 820 g/mol. The van der Waals surface area contributed by atoms with Gasteiger partial charge in [0, 0.05) is 50.5 Å². The van der Waals surface area contributed by atoms with Gasteiger partial charge in [-0.25, -0.2) is 15.0 Å². The zero-order valence-corrected chi connectivity index (χ0v) is 35.1. The van der Waals surface area contributed by atoms with Crippen molar-refractivity contribution in [1.29, 1.82) is 0 Å². The normalized spacial score (nSPS) is 11.6. The lowest BCUT2D eigenvalue weighted by Crippen LogP contribution is -2.02. The first-order chi connectivity index (χ1) is 31.6. The summed E-state index contributed by atoms with van der Waals surface area (Å²) in [7, 11) is 0. The van der Waals surface area contributed by atoms with E-state index in [0.717, 1.165) is 100 Å². The summed E-state index contributed by atoms with van der Waals surface area (Å²) < 4.78 is 6.86. The van der Waals surface area contributed by atoms with E-state index in [-0.39, 0.29) is 0 Å². The van der Waals surface area contributed by atoms with Gasteiger partial charge in [-0.15, -0.1) is 0 Å². The first-order valence-corrected chi connectivity index (χ1v) is 21.8. The highest BCUT2D eigenvalue weighted by molar-refractivity contribution is 6.16. The Hall–Kier alpha value is -8.41. The van der Waals surface area contributed by atoms with E-state index in [4.69, 9.17) is 19.4 Å². The summed E-state index contributed by atoms with van der Waals surface area (Å²) in [4.78, 5) is 16.1. The molecule has 0 radical (unpaired) electrons. The smallest absolute Gasteiger partial charge is 0.164 e. The third-order valence-electron chi connectivity index (χ3n) is 12.4. The fourth-order valence-electron chi connectivity index (χ4n) is 9.29. The van der Waals surface area contributed by atoms with Crippen molar-refractivity contribution in [3.8, 4) is 56.4 Å². The molecule has 0 bridgehead atoms. The predicted octanol–water partition coefficient (Wildman–Crippen LogP) is 15.9. The van der Waals surface area contributed by atoms with Gasteiger partial charge in [0.05, 0.1) is 0 Å². The van der Waals surface area contributed by atoms with Crippen LogP contribution in [0.2, 0.25) is 0 Å². The van der Waals surface area contributed by atoms with E-state index >= 15 is 0 Å². The van der Waals surface area contributed by atoms with E-state index in [1.54, 1.807) is 0 Å². The van der Waals surface area contributed by atoms with Gasteiger partial charge in [0.25, 0.3) is 0 Å². The zero-order chi connectivity index (χ0) is 42.6. The van der Waals surface area contributed by atoms with Crippen LogP contribution in [0.5, 0.6) is 0 Å². The van der Waals surface area contributed by atoms with Crippen LogP contribution in [0, 0.1) is 0 Å². The molecule has 0 amide bonds. The van der Waals surface area contributed by atoms with Crippen LogP contribution in [0.4, 0.5) is 11.4 Å². The number of aryl methyl sites for hydroxylation is 1. The van der Waals surface area contributed by atoms with Crippen molar-refractivity contribution in [1.82, 2.24) is 15.0 Å². The largest absolute Gasteiger partial charge is 0.456 e. The molecule has 0 spiro atoms. The lowest BCUT2D eigenvalue weighted by molar-refractivity contribution is 0.669. The second kappa shape index (κ2) is 15.5. The molecule has 302 valence electrons. The summed E-state index contributed by atoms with van der Waals surface area (Å²) in [6, 6.07) is 72.5. The average Bonchev–Trinajstić information content (AvgIpc) is 3.72. The van der Waals surface area contributed by atoms with Crippen molar-refractivity contribution in [2.45, 2.75) is 13.3 Å². The number of hydrogen-bond donors (Lipinski definition) is 1. The van der Waals surface area contributed by atoms with Gasteiger partial charge < -0.3 is 9.73 Å². The van der Waals surface area contributed by atoms with Crippen LogP contribution < -0.4 is 5.32 Å². The van der Waals surface area contributed by atoms with E-state index in [1.165, 1.54) is 16.5 Å². The van der Waals surface area contributed by atoms with Crippen LogP contribution in [0.25, 0.3) is 111 Å². The Morgan fingerprint density at radius 3 is 1.80 bits per heavy atom. The molecule has 0 unspecified atom stereocenters. The number of nitrogens with one attached hydrogen (secondary N) is 1. The molecule has 5 heteroatoms. The lowest BCUT2D eigenvalue weighted by atomic mass is 9.94. The van der Waals surface area contributed by atoms with Gasteiger partial charge >= 0.3 is 0 Å². The summed E-state index contributed by atoms with van der Waals surface area (Å²) in [6.45, 7) is 2.21. The highest BCUT2D eigenvalue weighted by Gasteiger charge is 2.22. The fraction of sp³-hybridized carbons (Fsp3) is 0.0339. The molecule has 12 aromatic rings. The number of aromatic nitrogens is 3. The molecule has 2 aromatic heterocycles. The highest BCUT2D eigenvalue weighted by atomic mass is 16.3. The third-order valence-corrected chi connectivity index (χ3v) is 12.4. The fourth-order valence-corrected chi connectivity index (χ4v) is 9.29. The summed E-state index contributed by atoms with van der Waals surface area (Å²) in [6.07, 6.45) is 0.918. The summed E-state index contributed by atoms with van der Waals surface area (Å²) in [5.74, 6) is 1.74. The molecular weight excluding hydrogens is 781 g/mol. The molecule has 0 saturated carbocycles. The van der Waals surface area contributed by atoms with E-state index < -0.39 is 0 Å². The van der Waals surface area contributed by atoms with Crippen molar-refractivity contribution < 1.29 is 4.42 Å². The van der Waals surface area contributed by atoms with Gasteiger partial charge in [0.15, 0.2) is 17.5 Å². The Labute approximate surface area is 370 Å². The number of benzene rings is 10. The molecule has 1 N–H and O–H groups in total. The van der Waals surface area contributed by atoms with Crippen molar-refractivity contribution in [3.63, 3.8) is 0 Å². The van der Waals surface area contributed by atoms with Crippen molar-refractivity contribution >= 4 is 65.6 Å². The maximum atomic E-state index is 6.86. The maximum absolute atomic E-state index is 6.86. The summed E-state index contributed by atoms with van der Waals surface area (Å²) in [5, 5.41) is 12.6. The molecule has 10 aromatic carbocycles. The first-order valence-electron chi connectivity index (χ1n) is 21.8. The number of hydrogen-bond acceptors (Lipinski definition) is 5. The molecular formula is C59H40N4O. The Balaban J connectivity index is 1.13. The summed E-state index contributed by atoms with van der Waals surface area (Å²) >= 11 is 0. The molecule has 0 aliphatic rings.